The van der Waals surface area contributed by atoms with Crippen molar-refractivity contribution in [2.75, 3.05) is 19.0 Å². The number of nitrogens with one attached hydrogen (secondary N) is 1. The van der Waals surface area contributed by atoms with Crippen molar-refractivity contribution in [2.45, 2.75) is 6.92 Å². The number of halogens is 1. The molecule has 26 heavy (non-hydrogen) atoms. The first-order valence-electron chi connectivity index (χ1n) is 7.73. The summed E-state index contributed by atoms with van der Waals surface area (Å²) in [6, 6.07) is 9.37. The highest BCUT2D eigenvalue weighted by molar-refractivity contribution is 6.02. The average Bonchev–Trinajstić information content (AvgIpc) is 2.61. The molecular weight excluding hydrogens is 339 g/mol. The van der Waals surface area contributed by atoms with E-state index >= 15 is 0 Å². The number of nitrogens with two attached hydrogens (primary N) is 1. The fraction of sp³-hybridized carbons (Fsp3) is 0.158. The van der Waals surface area contributed by atoms with Crippen LogP contribution in [0.3, 0.4) is 0 Å². The molecule has 2 aromatic carbocycles. The standard InChI is InChI=1S/C19H19FN2O4/c1-12-3-6-14(20)15(9-12)22-19(24)8-5-13-4-7-16(17(10-13)25-2)26-11-18(21)23/h3-10H,11H2,1-2H3,(H2,21,23)(H,22,24)/b8-5+. The third-order valence-electron chi connectivity index (χ3n) is 3.36. The second-order valence-electron chi connectivity index (χ2n) is 5.47. The first-order valence-corrected chi connectivity index (χ1v) is 7.73. The smallest absolute Gasteiger partial charge is 0.255 e. The van der Waals surface area contributed by atoms with E-state index in [4.69, 9.17) is 15.2 Å². The third-order valence-corrected chi connectivity index (χ3v) is 3.36. The summed E-state index contributed by atoms with van der Waals surface area (Å²) in [5.41, 5.74) is 6.65. The van der Waals surface area contributed by atoms with Crippen LogP contribution in [0, 0.1) is 12.7 Å². The lowest BCUT2D eigenvalue weighted by atomic mass is 10.2. The summed E-state index contributed by atoms with van der Waals surface area (Å²) >= 11 is 0. The van der Waals surface area contributed by atoms with E-state index in [2.05, 4.69) is 5.32 Å². The van der Waals surface area contributed by atoms with Gasteiger partial charge in [0.05, 0.1) is 12.8 Å². The van der Waals surface area contributed by atoms with E-state index in [1.54, 1.807) is 43.3 Å². The number of rotatable bonds is 7. The van der Waals surface area contributed by atoms with Gasteiger partial charge in [-0.3, -0.25) is 9.59 Å². The van der Waals surface area contributed by atoms with Gasteiger partial charge >= 0.3 is 0 Å². The maximum absolute atomic E-state index is 13.7. The molecule has 2 amide bonds. The Labute approximate surface area is 150 Å². The molecule has 0 atom stereocenters. The molecule has 0 saturated heterocycles. The van der Waals surface area contributed by atoms with Crippen LogP contribution in [0.5, 0.6) is 11.5 Å². The first kappa shape index (κ1) is 19.0. The van der Waals surface area contributed by atoms with E-state index in [-0.39, 0.29) is 12.3 Å². The minimum Gasteiger partial charge on any atom is -0.493 e. The van der Waals surface area contributed by atoms with Crippen LogP contribution in [-0.4, -0.2) is 25.5 Å². The molecule has 2 rings (SSSR count). The monoisotopic (exact) mass is 358 g/mol. The van der Waals surface area contributed by atoms with Crippen molar-refractivity contribution in [3.8, 4) is 11.5 Å². The molecule has 0 bridgehead atoms. The lowest BCUT2D eigenvalue weighted by Crippen LogP contribution is -2.20. The Bertz CT molecular complexity index is 849. The normalized spacial score (nSPS) is 10.6. The van der Waals surface area contributed by atoms with Gasteiger partial charge in [-0.2, -0.15) is 0 Å². The molecule has 0 heterocycles. The van der Waals surface area contributed by atoms with Crippen LogP contribution < -0.4 is 20.5 Å². The van der Waals surface area contributed by atoms with Gasteiger partial charge in [-0.1, -0.05) is 12.1 Å². The molecule has 0 aliphatic heterocycles. The third kappa shape index (κ3) is 5.34. The first-order chi connectivity index (χ1) is 12.4. The summed E-state index contributed by atoms with van der Waals surface area (Å²) in [5, 5.41) is 2.49. The summed E-state index contributed by atoms with van der Waals surface area (Å²) < 4.78 is 24.1. The average molecular weight is 358 g/mol. The number of hydrogen-bond acceptors (Lipinski definition) is 4. The Morgan fingerprint density at radius 1 is 1.19 bits per heavy atom. The van der Waals surface area contributed by atoms with E-state index in [1.165, 1.54) is 19.3 Å². The maximum Gasteiger partial charge on any atom is 0.255 e. The van der Waals surface area contributed by atoms with E-state index in [0.717, 1.165) is 5.56 Å². The lowest BCUT2D eigenvalue weighted by molar-refractivity contribution is -0.120. The van der Waals surface area contributed by atoms with Gasteiger partial charge in [0, 0.05) is 6.08 Å². The quantitative estimate of drug-likeness (QED) is 0.745. The predicted octanol–water partition coefficient (Wildman–Crippen LogP) is 2.66. The van der Waals surface area contributed by atoms with Crippen LogP contribution in [0.4, 0.5) is 10.1 Å². The molecule has 0 aromatic heterocycles. The Kier molecular flexibility index (Phi) is 6.32. The zero-order valence-electron chi connectivity index (χ0n) is 14.4. The fourth-order valence-electron chi connectivity index (χ4n) is 2.14. The lowest BCUT2D eigenvalue weighted by Gasteiger charge is -2.10. The molecule has 0 aliphatic carbocycles. The molecule has 0 spiro atoms. The van der Waals surface area contributed by atoms with Crippen LogP contribution in [0.25, 0.3) is 6.08 Å². The summed E-state index contributed by atoms with van der Waals surface area (Å²) in [4.78, 5) is 22.8. The zero-order chi connectivity index (χ0) is 19.1. The number of aryl methyl sites for hydroxylation is 1. The topological polar surface area (TPSA) is 90.7 Å². The highest BCUT2D eigenvalue weighted by atomic mass is 19.1. The second kappa shape index (κ2) is 8.66. The van der Waals surface area contributed by atoms with Crippen molar-refractivity contribution in [3.63, 3.8) is 0 Å². The summed E-state index contributed by atoms with van der Waals surface area (Å²) in [5.74, 6) is -0.832. The number of carbonyl (C=O) groups excluding carboxylic acids is 2. The second-order valence-corrected chi connectivity index (χ2v) is 5.47. The van der Waals surface area contributed by atoms with Crippen molar-refractivity contribution >= 4 is 23.6 Å². The van der Waals surface area contributed by atoms with Gasteiger partial charge in [0.15, 0.2) is 18.1 Å². The molecule has 0 fully saturated rings. The highest BCUT2D eigenvalue weighted by Crippen LogP contribution is 2.28. The molecule has 0 saturated carbocycles. The number of ether oxygens (including phenoxy) is 2. The van der Waals surface area contributed by atoms with Crippen LogP contribution in [0.15, 0.2) is 42.5 Å². The van der Waals surface area contributed by atoms with Crippen molar-refractivity contribution in [2.24, 2.45) is 5.73 Å². The van der Waals surface area contributed by atoms with E-state index < -0.39 is 17.6 Å². The van der Waals surface area contributed by atoms with Crippen LogP contribution in [0.2, 0.25) is 0 Å². The number of methoxy groups -OCH3 is 1. The van der Waals surface area contributed by atoms with Crippen LogP contribution in [0.1, 0.15) is 11.1 Å². The van der Waals surface area contributed by atoms with Gasteiger partial charge in [-0.05, 0) is 48.4 Å². The van der Waals surface area contributed by atoms with Crippen LogP contribution in [-0.2, 0) is 9.59 Å². The number of benzene rings is 2. The van der Waals surface area contributed by atoms with Crippen molar-refractivity contribution in [1.29, 1.82) is 0 Å². The zero-order valence-corrected chi connectivity index (χ0v) is 14.4. The predicted molar refractivity (Wildman–Crippen MR) is 96.5 cm³/mol. The molecule has 3 N–H and O–H groups in total. The molecule has 136 valence electrons. The molecule has 7 heteroatoms. The minimum atomic E-state index is -0.601. The van der Waals surface area contributed by atoms with Crippen LogP contribution >= 0.6 is 0 Å². The SMILES string of the molecule is COc1cc(/C=C/C(=O)Nc2cc(C)ccc2F)ccc1OCC(N)=O. The minimum absolute atomic E-state index is 0.118. The van der Waals surface area contributed by atoms with Crippen molar-refractivity contribution < 1.29 is 23.5 Å². The molecule has 6 nitrogen and oxygen atoms in total. The molecule has 0 radical (unpaired) electrons. The van der Waals surface area contributed by atoms with Gasteiger partial charge < -0.3 is 20.5 Å². The van der Waals surface area contributed by atoms with Gasteiger partial charge in [0.1, 0.15) is 5.82 Å². The molecule has 0 aliphatic rings. The van der Waals surface area contributed by atoms with Gasteiger partial charge in [-0.15, -0.1) is 0 Å². The fourth-order valence-corrected chi connectivity index (χ4v) is 2.14. The number of hydrogen-bond donors (Lipinski definition) is 2. The summed E-state index contributed by atoms with van der Waals surface area (Å²) in [6.45, 7) is 1.54. The number of carbonyl (C=O) groups is 2. The van der Waals surface area contributed by atoms with E-state index in [9.17, 15) is 14.0 Å². The maximum atomic E-state index is 13.7. The Morgan fingerprint density at radius 2 is 1.96 bits per heavy atom. The molecule has 2 aromatic rings. The number of amides is 2. The molecular formula is C19H19FN2O4. The Hall–Kier alpha value is -3.35. The number of anilines is 1. The number of primary amides is 1. The summed E-state index contributed by atoms with van der Waals surface area (Å²) in [7, 11) is 1.45. The van der Waals surface area contributed by atoms with E-state index in [0.29, 0.717) is 17.1 Å². The highest BCUT2D eigenvalue weighted by Gasteiger charge is 2.07. The van der Waals surface area contributed by atoms with Crippen molar-refractivity contribution in [1.82, 2.24) is 0 Å². The Balaban J connectivity index is 2.08. The molecule has 0 unspecified atom stereocenters. The van der Waals surface area contributed by atoms with Gasteiger partial charge in [0.2, 0.25) is 5.91 Å². The summed E-state index contributed by atoms with van der Waals surface area (Å²) in [6.07, 6.45) is 2.82. The largest absolute Gasteiger partial charge is 0.493 e. The van der Waals surface area contributed by atoms with Gasteiger partial charge in [0.25, 0.3) is 5.91 Å². The Morgan fingerprint density at radius 3 is 2.65 bits per heavy atom. The van der Waals surface area contributed by atoms with Crippen molar-refractivity contribution in [3.05, 3.63) is 59.4 Å². The van der Waals surface area contributed by atoms with Gasteiger partial charge in [-0.25, -0.2) is 4.39 Å². The van der Waals surface area contributed by atoms with E-state index in [1.807, 2.05) is 0 Å².